The molecule has 0 saturated carbocycles. The van der Waals surface area contributed by atoms with Gasteiger partial charge in [-0.3, -0.25) is 14.8 Å². The quantitative estimate of drug-likeness (QED) is 0.139. The van der Waals surface area contributed by atoms with Crippen LogP contribution in [0.2, 0.25) is 0 Å². The van der Waals surface area contributed by atoms with Crippen molar-refractivity contribution in [2.24, 2.45) is 0 Å². The summed E-state index contributed by atoms with van der Waals surface area (Å²) in [5.41, 5.74) is -2.86. The van der Waals surface area contributed by atoms with Crippen molar-refractivity contribution in [3.8, 4) is 22.7 Å². The van der Waals surface area contributed by atoms with Gasteiger partial charge in [0.15, 0.2) is 0 Å². The highest BCUT2D eigenvalue weighted by Crippen LogP contribution is 2.34. The number of pyridine rings is 3. The Bertz CT molecular complexity index is 2340. The number of H-pyrrole nitrogens is 1. The zero-order chi connectivity index (χ0) is 35.7. The maximum absolute atomic E-state index is 13.1. The van der Waals surface area contributed by atoms with E-state index >= 15 is 0 Å². The fourth-order valence-corrected chi connectivity index (χ4v) is 5.40. The van der Waals surface area contributed by atoms with Crippen molar-refractivity contribution in [1.29, 1.82) is 0 Å². The van der Waals surface area contributed by atoms with Gasteiger partial charge in [0.1, 0.15) is 10.9 Å². The third kappa shape index (κ3) is 7.57. The van der Waals surface area contributed by atoms with Crippen molar-refractivity contribution in [2.75, 3.05) is 6.61 Å². The number of alkyl halides is 6. The van der Waals surface area contributed by atoms with Crippen LogP contribution in [0.15, 0.2) is 96.3 Å². The van der Waals surface area contributed by atoms with Gasteiger partial charge in [-0.05, 0) is 74.7 Å². The second-order valence-corrected chi connectivity index (χ2v) is 11.7. The molecule has 49 heavy (non-hydrogen) atoms. The molecule has 17 heteroatoms. The second-order valence-electron chi connectivity index (χ2n) is 9.95. The molecule has 0 radical (unpaired) electrons. The molecule has 4 aromatic heterocycles. The summed E-state index contributed by atoms with van der Waals surface area (Å²) >= 11 is 6.45. The van der Waals surface area contributed by atoms with Gasteiger partial charge in [-0.25, -0.2) is 14.6 Å². The first-order chi connectivity index (χ1) is 23.1. The summed E-state index contributed by atoms with van der Waals surface area (Å²) in [6.07, 6.45) is -3.63. The lowest BCUT2D eigenvalue weighted by atomic mass is 10.0. The lowest BCUT2D eigenvalue weighted by Gasteiger charge is -2.13. The van der Waals surface area contributed by atoms with Crippen molar-refractivity contribution in [1.82, 2.24) is 19.9 Å². The minimum atomic E-state index is -4.57. The molecule has 6 aromatic rings. The molecule has 0 bridgehead atoms. The van der Waals surface area contributed by atoms with Crippen molar-refractivity contribution in [3.63, 3.8) is 0 Å². The van der Waals surface area contributed by atoms with E-state index in [0.717, 1.165) is 24.3 Å². The third-order valence-electron chi connectivity index (χ3n) is 6.76. The van der Waals surface area contributed by atoms with E-state index in [4.69, 9.17) is 9.15 Å². The van der Waals surface area contributed by atoms with Crippen LogP contribution in [-0.4, -0.2) is 32.5 Å². The van der Waals surface area contributed by atoms with E-state index in [1.165, 1.54) is 49.1 Å². The molecular weight excluding hydrogens is 794 g/mol. The van der Waals surface area contributed by atoms with Gasteiger partial charge < -0.3 is 14.1 Å². The monoisotopic (exact) mass is 810 g/mol. The number of rotatable bonds is 4. The number of carbonyl (C=O) groups excluding carboxylic acids is 1. The van der Waals surface area contributed by atoms with E-state index in [1.54, 1.807) is 6.92 Å². The summed E-state index contributed by atoms with van der Waals surface area (Å²) in [4.78, 5) is 51.9. The number of aromatic nitrogens is 4. The third-order valence-corrected chi connectivity index (χ3v) is 7.94. The van der Waals surface area contributed by atoms with Crippen molar-refractivity contribution >= 4 is 59.6 Å². The number of hydrogen-bond donors (Lipinski definition) is 1. The summed E-state index contributed by atoms with van der Waals surface area (Å²) in [5.74, 6) is -1.11. The van der Waals surface area contributed by atoms with Crippen molar-refractivity contribution in [2.45, 2.75) is 19.3 Å². The van der Waals surface area contributed by atoms with Crippen LogP contribution in [0.25, 0.3) is 44.5 Å². The number of halogens is 8. The van der Waals surface area contributed by atoms with Crippen LogP contribution >= 0.6 is 31.9 Å². The molecule has 0 unspecified atom stereocenters. The van der Waals surface area contributed by atoms with Crippen LogP contribution in [0, 0.1) is 0 Å². The van der Waals surface area contributed by atoms with E-state index < -0.39 is 40.5 Å². The summed E-state index contributed by atoms with van der Waals surface area (Å²) in [5, 5.41) is 0.258. The van der Waals surface area contributed by atoms with Crippen LogP contribution < -0.4 is 11.1 Å². The molecule has 0 spiro atoms. The Labute approximate surface area is 287 Å². The van der Waals surface area contributed by atoms with E-state index in [9.17, 15) is 40.7 Å². The predicted octanol–water partition coefficient (Wildman–Crippen LogP) is 8.58. The first-order valence-corrected chi connectivity index (χ1v) is 15.3. The Balaban J connectivity index is 0.000000195. The second kappa shape index (κ2) is 13.9. The van der Waals surface area contributed by atoms with Gasteiger partial charge >= 0.3 is 23.9 Å². The smallest absolute Gasteiger partial charge is 0.416 e. The van der Waals surface area contributed by atoms with Gasteiger partial charge in [-0.2, -0.15) is 26.3 Å². The first-order valence-electron chi connectivity index (χ1n) is 13.8. The zero-order valence-corrected chi connectivity index (χ0v) is 27.7. The maximum Gasteiger partial charge on any atom is 0.416 e. The van der Waals surface area contributed by atoms with Gasteiger partial charge in [0.05, 0.1) is 48.8 Å². The number of fused-ring (bicyclic) bond motifs is 2. The van der Waals surface area contributed by atoms with Crippen LogP contribution in [-0.2, 0) is 17.1 Å². The molecule has 0 amide bonds. The number of benzene rings is 2. The minimum Gasteiger partial charge on any atom is -0.462 e. The van der Waals surface area contributed by atoms with Gasteiger partial charge in [-0.15, -0.1) is 0 Å². The molecule has 4 heterocycles. The molecule has 2 aromatic carbocycles. The lowest BCUT2D eigenvalue weighted by molar-refractivity contribution is -0.138. The number of aromatic amines is 1. The number of nitrogens with zero attached hydrogens (tertiary/aromatic N) is 3. The Morgan fingerprint density at radius 3 is 2.02 bits per heavy atom. The summed E-state index contributed by atoms with van der Waals surface area (Å²) in [7, 11) is 0. The minimum absolute atomic E-state index is 0.00900. The molecular formula is C32H18Br2F6N4O5. The van der Waals surface area contributed by atoms with E-state index in [2.05, 4.69) is 51.8 Å². The van der Waals surface area contributed by atoms with E-state index in [-0.39, 0.29) is 51.2 Å². The van der Waals surface area contributed by atoms with Gasteiger partial charge in [-0.1, -0.05) is 18.2 Å². The summed E-state index contributed by atoms with van der Waals surface area (Å²) < 4.78 is 88.3. The Kier molecular flexibility index (Phi) is 10.1. The summed E-state index contributed by atoms with van der Waals surface area (Å²) in [6, 6.07) is 8.80. The molecule has 0 atom stereocenters. The van der Waals surface area contributed by atoms with Crippen molar-refractivity contribution < 1.29 is 40.3 Å². The molecule has 9 nitrogen and oxygen atoms in total. The van der Waals surface area contributed by atoms with E-state index in [1.807, 2.05) is 0 Å². The van der Waals surface area contributed by atoms with Gasteiger partial charge in [0, 0.05) is 30.4 Å². The zero-order valence-electron chi connectivity index (χ0n) is 24.5. The molecule has 0 aliphatic rings. The normalized spacial score (nSPS) is 11.7. The highest BCUT2D eigenvalue weighted by atomic mass is 79.9. The Morgan fingerprint density at radius 1 is 0.837 bits per heavy atom. The SMILES string of the molecule is CCOC(=O)c1c(-c2cccc(C(F)(F)F)c2)[nH]c2c(Br)cncc2c1=O.O=c1oc(-c2cccc(C(F)(F)F)c2)nc2c(Br)cncc12. The Hall–Kier alpha value is -4.90. The molecule has 0 fully saturated rings. The maximum atomic E-state index is 13.1. The average molecular weight is 812 g/mol. The number of ether oxygens (including phenoxy) is 1. The number of carbonyl (C=O) groups is 1. The van der Waals surface area contributed by atoms with Crippen LogP contribution in [0.4, 0.5) is 26.3 Å². The molecule has 0 saturated heterocycles. The fourth-order valence-electron chi connectivity index (χ4n) is 4.55. The highest BCUT2D eigenvalue weighted by molar-refractivity contribution is 9.11. The molecule has 6 rings (SSSR count). The van der Waals surface area contributed by atoms with Crippen LogP contribution in [0.1, 0.15) is 28.4 Å². The lowest BCUT2D eigenvalue weighted by Crippen LogP contribution is -2.21. The standard InChI is InChI=1S/C18H12BrF3N2O3.C14H6BrF3N2O2/c1-2-27-17(26)13-14(9-4-3-5-10(6-9)18(20,21)22)24-15-11(16(13)25)7-23-8-12(15)19;15-10-6-19-5-9-11(10)20-12(22-13(9)21)7-2-1-3-8(4-7)14(16,17)18/h3-8H,2H2,1H3,(H,24,25);1-6H. The molecule has 252 valence electrons. The highest BCUT2D eigenvalue weighted by Gasteiger charge is 2.32. The van der Waals surface area contributed by atoms with Crippen LogP contribution in [0.5, 0.6) is 0 Å². The van der Waals surface area contributed by atoms with E-state index in [0.29, 0.717) is 14.5 Å². The largest absolute Gasteiger partial charge is 0.462 e. The summed E-state index contributed by atoms with van der Waals surface area (Å²) in [6.45, 7) is 1.57. The molecule has 0 aliphatic heterocycles. The Morgan fingerprint density at radius 2 is 1.41 bits per heavy atom. The molecule has 0 aliphatic carbocycles. The first kappa shape index (κ1) is 35.4. The average Bonchev–Trinajstić information content (AvgIpc) is 3.05. The number of hydrogen-bond acceptors (Lipinski definition) is 8. The van der Waals surface area contributed by atoms with Gasteiger partial charge in [0.25, 0.3) is 0 Å². The molecule has 1 N–H and O–H groups in total. The van der Waals surface area contributed by atoms with Crippen molar-refractivity contribution in [3.05, 3.63) is 120 Å². The predicted molar refractivity (Wildman–Crippen MR) is 173 cm³/mol. The number of esters is 1. The topological polar surface area (TPSA) is 128 Å². The number of nitrogens with one attached hydrogen (secondary N) is 1. The van der Waals surface area contributed by atoms with Gasteiger partial charge in [0.2, 0.25) is 11.3 Å². The van der Waals surface area contributed by atoms with Crippen LogP contribution in [0.3, 0.4) is 0 Å². The fraction of sp³-hybridized carbons (Fsp3) is 0.125.